The van der Waals surface area contributed by atoms with Crippen LogP contribution in [0.1, 0.15) is 29.8 Å². The summed E-state index contributed by atoms with van der Waals surface area (Å²) in [5.41, 5.74) is 0.425. The van der Waals surface area contributed by atoms with Gasteiger partial charge in [-0.3, -0.25) is 0 Å². The predicted octanol–water partition coefficient (Wildman–Crippen LogP) is 2.53. The quantitative estimate of drug-likeness (QED) is 0.852. The Kier molecular flexibility index (Phi) is 4.96. The van der Waals surface area contributed by atoms with Crippen LogP contribution in [0.4, 0.5) is 4.39 Å². The van der Waals surface area contributed by atoms with E-state index in [9.17, 15) is 14.3 Å². The lowest BCUT2D eigenvalue weighted by atomic mass is 10.1. The van der Waals surface area contributed by atoms with Gasteiger partial charge in [0.05, 0.1) is 11.7 Å². The van der Waals surface area contributed by atoms with Crippen molar-refractivity contribution in [2.24, 2.45) is 0 Å². The number of benzene rings is 1. The summed E-state index contributed by atoms with van der Waals surface area (Å²) in [6.45, 7) is 3.59. The first-order valence-electron chi connectivity index (χ1n) is 5.23. The topological polar surface area (TPSA) is 57.5 Å². The van der Waals surface area contributed by atoms with Crippen molar-refractivity contribution in [3.8, 4) is 0 Å². The summed E-state index contributed by atoms with van der Waals surface area (Å²) in [5.74, 6) is -1.44. The summed E-state index contributed by atoms with van der Waals surface area (Å²) < 4.78 is 13.1. The SMILES string of the molecule is CC(O)C(C)SCc1ccc(F)c(C(=O)O)c1. The van der Waals surface area contributed by atoms with E-state index in [0.29, 0.717) is 5.75 Å². The van der Waals surface area contributed by atoms with Gasteiger partial charge in [0.25, 0.3) is 0 Å². The van der Waals surface area contributed by atoms with E-state index in [2.05, 4.69) is 0 Å². The van der Waals surface area contributed by atoms with Crippen LogP contribution in [0.2, 0.25) is 0 Å². The molecule has 0 saturated carbocycles. The Bertz CT molecular complexity index is 407. The molecule has 17 heavy (non-hydrogen) atoms. The minimum absolute atomic E-state index is 0.0494. The zero-order valence-electron chi connectivity index (χ0n) is 9.68. The molecule has 2 N–H and O–H groups in total. The molecule has 5 heteroatoms. The van der Waals surface area contributed by atoms with E-state index in [-0.39, 0.29) is 10.8 Å². The number of halogens is 1. The first-order valence-corrected chi connectivity index (χ1v) is 6.28. The van der Waals surface area contributed by atoms with Gasteiger partial charge in [-0.1, -0.05) is 13.0 Å². The van der Waals surface area contributed by atoms with E-state index in [1.165, 1.54) is 17.8 Å². The van der Waals surface area contributed by atoms with Crippen molar-refractivity contribution >= 4 is 17.7 Å². The molecule has 2 unspecified atom stereocenters. The third-order valence-electron chi connectivity index (χ3n) is 2.45. The lowest BCUT2D eigenvalue weighted by Crippen LogP contribution is -2.15. The van der Waals surface area contributed by atoms with Crippen LogP contribution in [0, 0.1) is 5.82 Å². The van der Waals surface area contributed by atoms with Crippen LogP contribution in [-0.2, 0) is 5.75 Å². The lowest BCUT2D eigenvalue weighted by Gasteiger charge is -2.14. The fourth-order valence-corrected chi connectivity index (χ4v) is 2.11. The Morgan fingerprint density at radius 1 is 1.47 bits per heavy atom. The molecule has 3 nitrogen and oxygen atoms in total. The number of hydrogen-bond donors (Lipinski definition) is 2. The highest BCUT2D eigenvalue weighted by Gasteiger charge is 2.13. The minimum atomic E-state index is -1.27. The highest BCUT2D eigenvalue weighted by molar-refractivity contribution is 7.99. The Morgan fingerprint density at radius 2 is 2.12 bits per heavy atom. The molecule has 0 aliphatic heterocycles. The third kappa shape index (κ3) is 4.02. The van der Waals surface area contributed by atoms with Crippen molar-refractivity contribution in [1.82, 2.24) is 0 Å². The lowest BCUT2D eigenvalue weighted by molar-refractivity contribution is 0.0691. The maximum Gasteiger partial charge on any atom is 0.338 e. The van der Waals surface area contributed by atoms with Crippen molar-refractivity contribution in [2.75, 3.05) is 0 Å². The zero-order chi connectivity index (χ0) is 13.0. The molecule has 1 rings (SSSR count). The number of hydrogen-bond acceptors (Lipinski definition) is 3. The van der Waals surface area contributed by atoms with Crippen LogP contribution >= 0.6 is 11.8 Å². The van der Waals surface area contributed by atoms with Crippen molar-refractivity contribution in [1.29, 1.82) is 0 Å². The van der Waals surface area contributed by atoms with Crippen LogP contribution in [0.15, 0.2) is 18.2 Å². The minimum Gasteiger partial charge on any atom is -0.478 e. The molecule has 0 amide bonds. The van der Waals surface area contributed by atoms with Gasteiger partial charge in [0.2, 0.25) is 0 Å². The molecule has 0 saturated heterocycles. The van der Waals surface area contributed by atoms with Gasteiger partial charge >= 0.3 is 5.97 Å². The molecule has 0 fully saturated rings. The summed E-state index contributed by atoms with van der Waals surface area (Å²) >= 11 is 1.50. The number of aliphatic hydroxyl groups excluding tert-OH is 1. The number of carboxylic acids is 1. The monoisotopic (exact) mass is 258 g/mol. The predicted molar refractivity (Wildman–Crippen MR) is 65.8 cm³/mol. The fourth-order valence-electron chi connectivity index (χ4n) is 1.19. The number of carboxylic acid groups (broad SMARTS) is 1. The van der Waals surface area contributed by atoms with Gasteiger partial charge in [-0.25, -0.2) is 9.18 Å². The molecule has 0 heterocycles. The summed E-state index contributed by atoms with van der Waals surface area (Å²) in [7, 11) is 0. The van der Waals surface area contributed by atoms with Crippen LogP contribution < -0.4 is 0 Å². The van der Waals surface area contributed by atoms with Crippen LogP contribution in [0.25, 0.3) is 0 Å². The second kappa shape index (κ2) is 6.02. The molecule has 94 valence electrons. The molecule has 0 spiro atoms. The first kappa shape index (κ1) is 14.0. The standard InChI is InChI=1S/C12H15FO3S/c1-7(14)8(2)17-6-9-3-4-11(13)10(5-9)12(15)16/h3-5,7-8,14H,6H2,1-2H3,(H,15,16). The number of thioether (sulfide) groups is 1. The average Bonchev–Trinajstić information content (AvgIpc) is 2.26. The number of aromatic carboxylic acids is 1. The largest absolute Gasteiger partial charge is 0.478 e. The summed E-state index contributed by atoms with van der Waals surface area (Å²) in [4.78, 5) is 10.7. The first-order chi connectivity index (χ1) is 7.91. The molecular formula is C12H15FO3S. The molecule has 0 aromatic heterocycles. The van der Waals surface area contributed by atoms with E-state index >= 15 is 0 Å². The summed E-state index contributed by atoms with van der Waals surface area (Å²) in [6.07, 6.45) is -0.431. The highest BCUT2D eigenvalue weighted by atomic mass is 32.2. The van der Waals surface area contributed by atoms with Crippen LogP contribution in [-0.4, -0.2) is 27.5 Å². The van der Waals surface area contributed by atoms with Gasteiger partial charge < -0.3 is 10.2 Å². The van der Waals surface area contributed by atoms with Gasteiger partial charge in [-0.15, -0.1) is 0 Å². The van der Waals surface area contributed by atoms with E-state index in [1.54, 1.807) is 13.0 Å². The summed E-state index contributed by atoms with van der Waals surface area (Å²) in [5, 5.41) is 18.1. The molecule has 0 radical (unpaired) electrons. The van der Waals surface area contributed by atoms with E-state index < -0.39 is 17.9 Å². The Morgan fingerprint density at radius 3 is 2.65 bits per heavy atom. The fraction of sp³-hybridized carbons (Fsp3) is 0.417. The molecule has 0 aliphatic carbocycles. The molecule has 0 aliphatic rings. The van der Waals surface area contributed by atoms with Gasteiger partial charge in [-0.05, 0) is 24.6 Å². The number of rotatable bonds is 5. The molecule has 1 aromatic carbocycles. The maximum absolute atomic E-state index is 13.1. The molecule has 2 atom stereocenters. The molecule has 1 aromatic rings. The summed E-state index contributed by atoms with van der Waals surface area (Å²) in [6, 6.07) is 4.05. The van der Waals surface area contributed by atoms with Crippen LogP contribution in [0.5, 0.6) is 0 Å². The Balaban J connectivity index is 2.73. The van der Waals surface area contributed by atoms with Gasteiger partial charge in [0, 0.05) is 11.0 Å². The maximum atomic E-state index is 13.1. The van der Waals surface area contributed by atoms with Gasteiger partial charge in [-0.2, -0.15) is 11.8 Å². The zero-order valence-corrected chi connectivity index (χ0v) is 10.5. The average molecular weight is 258 g/mol. The molecular weight excluding hydrogens is 243 g/mol. The number of aliphatic hydroxyl groups is 1. The van der Waals surface area contributed by atoms with Crippen LogP contribution in [0.3, 0.4) is 0 Å². The second-order valence-electron chi connectivity index (χ2n) is 3.88. The Hall–Kier alpha value is -1.07. The normalized spacial score (nSPS) is 14.4. The van der Waals surface area contributed by atoms with E-state index in [0.717, 1.165) is 11.6 Å². The third-order valence-corrected chi connectivity index (χ3v) is 3.87. The van der Waals surface area contributed by atoms with Crippen molar-refractivity contribution in [2.45, 2.75) is 31.0 Å². The van der Waals surface area contributed by atoms with Gasteiger partial charge in [0.1, 0.15) is 5.82 Å². The number of carbonyl (C=O) groups is 1. The van der Waals surface area contributed by atoms with Crippen molar-refractivity contribution in [3.63, 3.8) is 0 Å². The second-order valence-corrected chi connectivity index (χ2v) is 5.24. The Labute approximate surface area is 104 Å². The smallest absolute Gasteiger partial charge is 0.338 e. The van der Waals surface area contributed by atoms with E-state index in [1.807, 2.05) is 6.92 Å². The van der Waals surface area contributed by atoms with Crippen molar-refractivity contribution < 1.29 is 19.4 Å². The van der Waals surface area contributed by atoms with Crippen molar-refractivity contribution in [3.05, 3.63) is 35.1 Å². The highest BCUT2D eigenvalue weighted by Crippen LogP contribution is 2.21. The molecule has 0 bridgehead atoms. The van der Waals surface area contributed by atoms with Gasteiger partial charge in [0.15, 0.2) is 0 Å². The van der Waals surface area contributed by atoms with E-state index in [4.69, 9.17) is 5.11 Å².